The van der Waals surface area contributed by atoms with Crippen molar-refractivity contribution in [1.29, 1.82) is 0 Å². The fourth-order valence-corrected chi connectivity index (χ4v) is 2.30. The van der Waals surface area contributed by atoms with Gasteiger partial charge >= 0.3 is 5.97 Å². The summed E-state index contributed by atoms with van der Waals surface area (Å²) in [7, 11) is 1.58. The summed E-state index contributed by atoms with van der Waals surface area (Å²) >= 11 is 0. The van der Waals surface area contributed by atoms with E-state index in [-0.39, 0.29) is 24.3 Å². The summed E-state index contributed by atoms with van der Waals surface area (Å²) in [6.45, 7) is 5.87. The standard InChI is InChI=1S/C19H25N3O5/c1-19(2,3)27-12-10-16(18(24)25)20-17(23)15-9-11-22(21-15)13-5-7-14(26-4)8-6-13/h5-9,11,16H,10,12H2,1-4H3,(H,20,23)(H,24,25). The van der Waals surface area contributed by atoms with Crippen molar-refractivity contribution in [2.75, 3.05) is 13.7 Å². The summed E-state index contributed by atoms with van der Waals surface area (Å²) < 4.78 is 12.2. The molecule has 1 heterocycles. The molecule has 8 nitrogen and oxygen atoms in total. The molecule has 0 aliphatic rings. The number of aromatic nitrogens is 2. The van der Waals surface area contributed by atoms with Gasteiger partial charge in [-0.25, -0.2) is 9.48 Å². The molecule has 0 aliphatic heterocycles. The Hall–Kier alpha value is -2.87. The first-order valence-electron chi connectivity index (χ1n) is 8.57. The zero-order valence-electron chi connectivity index (χ0n) is 15.9. The summed E-state index contributed by atoms with van der Waals surface area (Å²) in [5, 5.41) is 16.0. The van der Waals surface area contributed by atoms with Crippen molar-refractivity contribution in [2.24, 2.45) is 0 Å². The Morgan fingerprint density at radius 1 is 1.22 bits per heavy atom. The van der Waals surface area contributed by atoms with E-state index in [1.54, 1.807) is 37.6 Å². The van der Waals surface area contributed by atoms with Gasteiger partial charge in [0.1, 0.15) is 11.8 Å². The highest BCUT2D eigenvalue weighted by molar-refractivity contribution is 5.94. The van der Waals surface area contributed by atoms with Crippen LogP contribution in [0, 0.1) is 0 Å². The van der Waals surface area contributed by atoms with Crippen molar-refractivity contribution in [3.8, 4) is 11.4 Å². The zero-order valence-corrected chi connectivity index (χ0v) is 15.9. The minimum atomic E-state index is -1.12. The van der Waals surface area contributed by atoms with Gasteiger partial charge in [-0.2, -0.15) is 5.10 Å². The van der Waals surface area contributed by atoms with Crippen molar-refractivity contribution in [3.63, 3.8) is 0 Å². The van der Waals surface area contributed by atoms with Gasteiger partial charge in [0.05, 0.1) is 18.4 Å². The van der Waals surface area contributed by atoms with Gasteiger partial charge in [-0.15, -0.1) is 0 Å². The SMILES string of the molecule is COc1ccc(-n2ccc(C(=O)NC(CCOC(C)(C)C)C(=O)O)n2)cc1. The van der Waals surface area contributed by atoms with E-state index < -0.39 is 17.9 Å². The number of carbonyl (C=O) groups excluding carboxylic acids is 1. The van der Waals surface area contributed by atoms with Gasteiger partial charge < -0.3 is 19.9 Å². The van der Waals surface area contributed by atoms with Crippen molar-refractivity contribution >= 4 is 11.9 Å². The lowest BCUT2D eigenvalue weighted by Crippen LogP contribution is -2.42. The Labute approximate surface area is 158 Å². The third-order valence-corrected chi connectivity index (χ3v) is 3.70. The summed E-state index contributed by atoms with van der Waals surface area (Å²) in [4.78, 5) is 23.8. The molecule has 27 heavy (non-hydrogen) atoms. The van der Waals surface area contributed by atoms with Crippen LogP contribution in [0.4, 0.5) is 0 Å². The highest BCUT2D eigenvalue weighted by Crippen LogP contribution is 2.14. The van der Waals surface area contributed by atoms with E-state index in [9.17, 15) is 14.7 Å². The number of benzene rings is 1. The molecule has 0 bridgehead atoms. The molecular weight excluding hydrogens is 350 g/mol. The second-order valence-corrected chi connectivity index (χ2v) is 6.96. The predicted molar refractivity (Wildman–Crippen MR) is 99.3 cm³/mol. The fraction of sp³-hybridized carbons (Fsp3) is 0.421. The summed E-state index contributed by atoms with van der Waals surface area (Å²) in [6.07, 6.45) is 1.80. The second kappa shape index (κ2) is 8.68. The number of hydrogen-bond acceptors (Lipinski definition) is 5. The van der Waals surface area contributed by atoms with Crippen LogP contribution >= 0.6 is 0 Å². The number of ether oxygens (including phenoxy) is 2. The third-order valence-electron chi connectivity index (χ3n) is 3.70. The van der Waals surface area contributed by atoms with Crippen LogP contribution in [-0.4, -0.2) is 52.1 Å². The van der Waals surface area contributed by atoms with Crippen LogP contribution in [0.3, 0.4) is 0 Å². The molecule has 0 saturated carbocycles. The zero-order chi connectivity index (χ0) is 20.0. The monoisotopic (exact) mass is 375 g/mol. The first kappa shape index (κ1) is 20.4. The maximum Gasteiger partial charge on any atom is 0.326 e. The Balaban J connectivity index is 2.01. The van der Waals surface area contributed by atoms with Gasteiger partial charge in [0.15, 0.2) is 5.69 Å². The molecule has 2 aromatic rings. The number of nitrogens with one attached hydrogen (secondary N) is 1. The van der Waals surface area contributed by atoms with Crippen LogP contribution in [0.2, 0.25) is 0 Å². The number of methoxy groups -OCH3 is 1. The van der Waals surface area contributed by atoms with Gasteiger partial charge in [-0.1, -0.05) is 0 Å². The molecule has 0 saturated heterocycles. The highest BCUT2D eigenvalue weighted by atomic mass is 16.5. The number of carboxylic acids is 1. The minimum absolute atomic E-state index is 0.133. The van der Waals surface area contributed by atoms with Gasteiger partial charge in [0.2, 0.25) is 0 Å². The van der Waals surface area contributed by atoms with E-state index in [2.05, 4.69) is 10.4 Å². The van der Waals surface area contributed by atoms with E-state index in [1.165, 1.54) is 10.7 Å². The molecule has 146 valence electrons. The first-order valence-corrected chi connectivity index (χ1v) is 8.57. The number of amides is 1. The lowest BCUT2D eigenvalue weighted by Gasteiger charge is -2.21. The van der Waals surface area contributed by atoms with Gasteiger partial charge in [-0.3, -0.25) is 4.79 Å². The van der Waals surface area contributed by atoms with Crippen LogP contribution in [0.5, 0.6) is 5.75 Å². The molecule has 2 N–H and O–H groups in total. The molecule has 0 spiro atoms. The minimum Gasteiger partial charge on any atom is -0.497 e. The number of rotatable bonds is 8. The number of aliphatic carboxylic acids is 1. The van der Waals surface area contributed by atoms with Gasteiger partial charge in [-0.05, 0) is 51.1 Å². The smallest absolute Gasteiger partial charge is 0.326 e. The summed E-state index contributed by atoms with van der Waals surface area (Å²) in [5.74, 6) is -0.952. The first-order chi connectivity index (χ1) is 12.7. The van der Waals surface area contributed by atoms with Crippen molar-refractivity contribution in [1.82, 2.24) is 15.1 Å². The van der Waals surface area contributed by atoms with Crippen LogP contribution in [-0.2, 0) is 9.53 Å². The molecule has 0 aliphatic carbocycles. The Morgan fingerprint density at radius 2 is 1.89 bits per heavy atom. The maximum absolute atomic E-state index is 12.4. The molecule has 1 aromatic carbocycles. The number of nitrogens with zero attached hydrogens (tertiary/aromatic N) is 2. The molecule has 2 rings (SSSR count). The van der Waals surface area contributed by atoms with E-state index in [0.717, 1.165) is 5.69 Å². The van der Waals surface area contributed by atoms with E-state index in [4.69, 9.17) is 9.47 Å². The second-order valence-electron chi connectivity index (χ2n) is 6.96. The molecule has 1 amide bonds. The quantitative estimate of drug-likeness (QED) is 0.734. The van der Waals surface area contributed by atoms with Crippen LogP contribution in [0.25, 0.3) is 5.69 Å². The van der Waals surface area contributed by atoms with Crippen LogP contribution in [0.15, 0.2) is 36.5 Å². The predicted octanol–water partition coefficient (Wildman–Crippen LogP) is 2.27. The lowest BCUT2D eigenvalue weighted by atomic mass is 10.1. The highest BCUT2D eigenvalue weighted by Gasteiger charge is 2.23. The van der Waals surface area contributed by atoms with Crippen molar-refractivity contribution in [2.45, 2.75) is 38.8 Å². The summed E-state index contributed by atoms with van der Waals surface area (Å²) in [6, 6.07) is 7.66. The molecule has 1 aromatic heterocycles. The fourth-order valence-electron chi connectivity index (χ4n) is 2.30. The number of hydrogen-bond donors (Lipinski definition) is 2. The normalized spacial score (nSPS) is 12.4. The topological polar surface area (TPSA) is 103 Å². The molecule has 1 atom stereocenters. The molecule has 0 radical (unpaired) electrons. The van der Waals surface area contributed by atoms with Crippen molar-refractivity contribution < 1.29 is 24.2 Å². The van der Waals surface area contributed by atoms with E-state index in [0.29, 0.717) is 5.75 Å². The van der Waals surface area contributed by atoms with Gasteiger partial charge in [0, 0.05) is 19.2 Å². The molecule has 1 unspecified atom stereocenters. The Bertz CT molecular complexity index is 777. The largest absolute Gasteiger partial charge is 0.497 e. The Morgan fingerprint density at radius 3 is 2.44 bits per heavy atom. The number of carbonyl (C=O) groups is 2. The Kier molecular flexibility index (Phi) is 6.57. The molecular formula is C19H25N3O5. The third kappa shape index (κ3) is 6.10. The molecule has 0 fully saturated rings. The summed E-state index contributed by atoms with van der Waals surface area (Å²) in [5.41, 5.74) is 0.515. The average Bonchev–Trinajstić information content (AvgIpc) is 3.10. The molecule has 8 heteroatoms. The van der Waals surface area contributed by atoms with Crippen LogP contribution < -0.4 is 10.1 Å². The van der Waals surface area contributed by atoms with E-state index >= 15 is 0 Å². The van der Waals surface area contributed by atoms with E-state index in [1.807, 2.05) is 20.8 Å². The van der Waals surface area contributed by atoms with Crippen LogP contribution in [0.1, 0.15) is 37.7 Å². The lowest BCUT2D eigenvalue weighted by molar-refractivity contribution is -0.140. The van der Waals surface area contributed by atoms with Gasteiger partial charge in [0.25, 0.3) is 5.91 Å². The average molecular weight is 375 g/mol. The van der Waals surface area contributed by atoms with Crippen molar-refractivity contribution in [3.05, 3.63) is 42.2 Å². The maximum atomic E-state index is 12.4. The number of carboxylic acid groups (broad SMARTS) is 1.